The van der Waals surface area contributed by atoms with E-state index in [0.29, 0.717) is 0 Å². The molecule has 0 aromatic carbocycles. The second kappa shape index (κ2) is 8.22. The van der Waals surface area contributed by atoms with Crippen molar-refractivity contribution < 1.29 is 4.79 Å². The van der Waals surface area contributed by atoms with Gasteiger partial charge in [-0.05, 0) is 25.3 Å². The van der Waals surface area contributed by atoms with E-state index >= 15 is 0 Å². The average Bonchev–Trinajstić information content (AvgIpc) is 2.73. The van der Waals surface area contributed by atoms with E-state index in [1.807, 2.05) is 30.4 Å². The van der Waals surface area contributed by atoms with Crippen molar-refractivity contribution in [2.75, 3.05) is 25.5 Å². The van der Waals surface area contributed by atoms with Crippen molar-refractivity contribution in [2.24, 2.45) is 0 Å². The Hall–Kier alpha value is -2.54. The van der Waals surface area contributed by atoms with Crippen LogP contribution in [0.4, 0.5) is 5.82 Å². The summed E-state index contributed by atoms with van der Waals surface area (Å²) in [5, 5.41) is 3.17. The zero-order valence-electron chi connectivity index (χ0n) is 16.7. The van der Waals surface area contributed by atoms with Crippen molar-refractivity contribution in [3.63, 3.8) is 0 Å². The van der Waals surface area contributed by atoms with Gasteiger partial charge in [0.15, 0.2) is 5.82 Å². The zero-order valence-corrected chi connectivity index (χ0v) is 16.7. The van der Waals surface area contributed by atoms with Gasteiger partial charge in [0.2, 0.25) is 5.91 Å². The van der Waals surface area contributed by atoms with Crippen molar-refractivity contribution in [1.29, 1.82) is 0 Å². The van der Waals surface area contributed by atoms with Crippen LogP contribution < -0.4 is 5.32 Å². The Morgan fingerprint density at radius 2 is 2.18 bits per heavy atom. The number of carbonyl (C=O) groups is 1. The van der Waals surface area contributed by atoms with Crippen LogP contribution in [-0.2, 0) is 24.3 Å². The predicted octanol–water partition coefficient (Wildman–Crippen LogP) is 2.55. The molecular formula is C21H28N6O. The standard InChI is InChI=1S/C21H28N6O/c1-15(28)27-10-4-3-7-19(27)21-24-12-17-14-26(11-8-18(17)25-21)13-16-6-5-9-23-20(16)22-2/h5-6,9,12,19H,3-4,7-8,10-11,13-14H2,1-2H3,(H,22,23)/t19-/m0/s1. The second-order valence-electron chi connectivity index (χ2n) is 7.65. The average molecular weight is 380 g/mol. The number of carbonyl (C=O) groups excluding carboxylic acids is 1. The highest BCUT2D eigenvalue weighted by Gasteiger charge is 2.29. The fourth-order valence-corrected chi connectivity index (χ4v) is 4.29. The molecule has 0 spiro atoms. The number of piperidine rings is 1. The number of hydrogen-bond donors (Lipinski definition) is 1. The SMILES string of the molecule is CNc1ncccc1CN1CCc2nc([C@@H]3CCCCN3C(C)=O)ncc2C1. The summed E-state index contributed by atoms with van der Waals surface area (Å²) in [5.74, 6) is 1.86. The highest BCUT2D eigenvalue weighted by atomic mass is 16.2. The molecule has 4 rings (SSSR count). The molecule has 1 saturated heterocycles. The van der Waals surface area contributed by atoms with Crippen LogP contribution in [0.2, 0.25) is 0 Å². The number of amides is 1. The van der Waals surface area contributed by atoms with Crippen LogP contribution in [0.5, 0.6) is 0 Å². The summed E-state index contributed by atoms with van der Waals surface area (Å²) in [6.45, 7) is 5.11. The number of rotatable bonds is 4. The molecule has 148 valence electrons. The molecular weight excluding hydrogens is 352 g/mol. The Kier molecular flexibility index (Phi) is 5.52. The number of fused-ring (bicyclic) bond motifs is 1. The maximum absolute atomic E-state index is 12.0. The third kappa shape index (κ3) is 3.85. The number of hydrogen-bond acceptors (Lipinski definition) is 6. The summed E-state index contributed by atoms with van der Waals surface area (Å²) in [7, 11) is 1.91. The zero-order chi connectivity index (χ0) is 19.5. The molecule has 28 heavy (non-hydrogen) atoms. The maximum Gasteiger partial charge on any atom is 0.220 e. The highest BCUT2D eigenvalue weighted by Crippen LogP contribution is 2.30. The van der Waals surface area contributed by atoms with Crippen LogP contribution in [0, 0.1) is 0 Å². The van der Waals surface area contributed by atoms with Gasteiger partial charge in [0.25, 0.3) is 0 Å². The molecule has 4 heterocycles. The first kappa shape index (κ1) is 18.8. The minimum atomic E-state index is 0.0307. The van der Waals surface area contributed by atoms with Gasteiger partial charge in [-0.1, -0.05) is 6.07 Å². The van der Waals surface area contributed by atoms with Gasteiger partial charge in [-0.25, -0.2) is 15.0 Å². The molecule has 0 unspecified atom stereocenters. The molecule has 2 aliphatic rings. The number of anilines is 1. The number of aromatic nitrogens is 3. The predicted molar refractivity (Wildman–Crippen MR) is 108 cm³/mol. The lowest BCUT2D eigenvalue weighted by Gasteiger charge is -2.35. The van der Waals surface area contributed by atoms with E-state index in [1.54, 1.807) is 6.92 Å². The van der Waals surface area contributed by atoms with E-state index in [4.69, 9.17) is 4.98 Å². The number of likely N-dealkylation sites (tertiary alicyclic amines) is 1. The number of nitrogens with zero attached hydrogens (tertiary/aromatic N) is 5. The Morgan fingerprint density at radius 3 is 3.00 bits per heavy atom. The van der Waals surface area contributed by atoms with Gasteiger partial charge in [-0.2, -0.15) is 0 Å². The lowest BCUT2D eigenvalue weighted by Crippen LogP contribution is -2.38. The van der Waals surface area contributed by atoms with Gasteiger partial charge >= 0.3 is 0 Å². The monoisotopic (exact) mass is 380 g/mol. The van der Waals surface area contributed by atoms with E-state index in [2.05, 4.69) is 26.3 Å². The molecule has 1 fully saturated rings. The first-order valence-corrected chi connectivity index (χ1v) is 10.1. The van der Waals surface area contributed by atoms with Crippen molar-refractivity contribution in [1.82, 2.24) is 24.8 Å². The summed E-state index contributed by atoms with van der Waals surface area (Å²) in [5.41, 5.74) is 3.52. The van der Waals surface area contributed by atoms with Crippen LogP contribution in [0.3, 0.4) is 0 Å². The van der Waals surface area contributed by atoms with Gasteiger partial charge in [-0.3, -0.25) is 9.69 Å². The van der Waals surface area contributed by atoms with E-state index < -0.39 is 0 Å². The molecule has 2 aliphatic heterocycles. The van der Waals surface area contributed by atoms with Crippen LogP contribution >= 0.6 is 0 Å². The van der Waals surface area contributed by atoms with Crippen LogP contribution in [0.15, 0.2) is 24.5 Å². The van der Waals surface area contributed by atoms with Crippen LogP contribution in [0.1, 0.15) is 54.9 Å². The smallest absolute Gasteiger partial charge is 0.220 e. The second-order valence-corrected chi connectivity index (χ2v) is 7.65. The van der Waals surface area contributed by atoms with E-state index in [1.165, 1.54) is 11.1 Å². The summed E-state index contributed by atoms with van der Waals surface area (Å²) in [6.07, 6.45) is 7.84. The fourth-order valence-electron chi connectivity index (χ4n) is 4.29. The van der Waals surface area contributed by atoms with E-state index in [9.17, 15) is 4.79 Å². The third-order valence-electron chi connectivity index (χ3n) is 5.76. The molecule has 1 amide bonds. The van der Waals surface area contributed by atoms with Crippen molar-refractivity contribution in [3.05, 3.63) is 47.2 Å². The number of pyridine rings is 1. The first-order chi connectivity index (χ1) is 13.7. The van der Waals surface area contributed by atoms with Crippen molar-refractivity contribution in [2.45, 2.75) is 51.7 Å². The molecule has 1 atom stereocenters. The Labute approximate surface area is 166 Å². The molecule has 2 aromatic heterocycles. The maximum atomic E-state index is 12.0. The Bertz CT molecular complexity index is 855. The van der Waals surface area contributed by atoms with Crippen molar-refractivity contribution in [3.8, 4) is 0 Å². The quantitative estimate of drug-likeness (QED) is 0.879. The molecule has 7 nitrogen and oxygen atoms in total. The van der Waals surface area contributed by atoms with Gasteiger partial charge in [0.05, 0.1) is 6.04 Å². The summed E-state index contributed by atoms with van der Waals surface area (Å²) in [4.78, 5) is 30.3. The van der Waals surface area contributed by atoms with Crippen molar-refractivity contribution >= 4 is 11.7 Å². The van der Waals surface area contributed by atoms with Crippen LogP contribution in [0.25, 0.3) is 0 Å². The molecule has 0 bridgehead atoms. The van der Waals surface area contributed by atoms with Gasteiger partial charge < -0.3 is 10.2 Å². The molecule has 7 heteroatoms. The van der Waals surface area contributed by atoms with E-state index in [-0.39, 0.29) is 11.9 Å². The van der Waals surface area contributed by atoms with Gasteiger partial charge in [-0.15, -0.1) is 0 Å². The van der Waals surface area contributed by atoms with E-state index in [0.717, 1.165) is 69.2 Å². The summed E-state index contributed by atoms with van der Waals surface area (Å²) in [6, 6.07) is 4.13. The summed E-state index contributed by atoms with van der Waals surface area (Å²) >= 11 is 0. The normalized spacial score (nSPS) is 19.9. The molecule has 2 aromatic rings. The molecule has 1 N–H and O–H groups in total. The molecule has 0 saturated carbocycles. The fraction of sp³-hybridized carbons (Fsp3) is 0.524. The largest absolute Gasteiger partial charge is 0.373 e. The first-order valence-electron chi connectivity index (χ1n) is 10.1. The van der Waals surface area contributed by atoms with Crippen LogP contribution in [-0.4, -0.2) is 50.8 Å². The minimum absolute atomic E-state index is 0.0307. The lowest BCUT2D eigenvalue weighted by atomic mass is 10.0. The minimum Gasteiger partial charge on any atom is -0.373 e. The highest BCUT2D eigenvalue weighted by molar-refractivity contribution is 5.73. The summed E-state index contributed by atoms with van der Waals surface area (Å²) < 4.78 is 0. The van der Waals surface area contributed by atoms with Gasteiger partial charge in [0.1, 0.15) is 5.82 Å². The Morgan fingerprint density at radius 1 is 1.29 bits per heavy atom. The third-order valence-corrected chi connectivity index (χ3v) is 5.76. The van der Waals surface area contributed by atoms with Gasteiger partial charge in [0, 0.05) is 75.8 Å². The molecule has 0 radical (unpaired) electrons. The Balaban J connectivity index is 1.49. The topological polar surface area (TPSA) is 74.2 Å². The lowest BCUT2D eigenvalue weighted by molar-refractivity contribution is -0.132. The number of nitrogens with one attached hydrogen (secondary N) is 1. The molecule has 0 aliphatic carbocycles.